The highest BCUT2D eigenvalue weighted by Crippen LogP contribution is 2.40. The lowest BCUT2D eigenvalue weighted by atomic mass is 9.84. The zero-order valence-corrected chi connectivity index (χ0v) is 17.7. The maximum Gasteiger partial charge on any atom is 0.143 e. The second-order valence-electron chi connectivity index (χ2n) is 8.81. The Morgan fingerprint density at radius 2 is 1.73 bits per heavy atom. The second-order valence-corrected chi connectivity index (χ2v) is 8.81. The largest absolute Gasteiger partial charge is 0.482 e. The van der Waals surface area contributed by atoms with E-state index in [-0.39, 0.29) is 12.1 Å². The van der Waals surface area contributed by atoms with Gasteiger partial charge < -0.3 is 20.1 Å². The van der Waals surface area contributed by atoms with E-state index < -0.39 is 0 Å². The summed E-state index contributed by atoms with van der Waals surface area (Å²) in [6, 6.07) is 17.9. The molecule has 3 aliphatic rings. The van der Waals surface area contributed by atoms with Gasteiger partial charge in [0, 0.05) is 25.7 Å². The average Bonchev–Trinajstić information content (AvgIpc) is 2.80. The third kappa shape index (κ3) is 4.07. The Morgan fingerprint density at radius 1 is 0.933 bits per heavy atom. The molecular weight excluding hydrogens is 374 g/mol. The number of ether oxygens (including phenoxy) is 2. The predicted octanol–water partition coefficient (Wildman–Crippen LogP) is 3.38. The Labute approximate surface area is 179 Å². The number of hydrogen-bond donors (Lipinski definition) is 1. The lowest BCUT2D eigenvalue weighted by molar-refractivity contribution is 0.0368. The van der Waals surface area contributed by atoms with Crippen LogP contribution in [-0.4, -0.2) is 56.4 Å². The smallest absolute Gasteiger partial charge is 0.143 e. The van der Waals surface area contributed by atoms with E-state index in [1.807, 2.05) is 0 Å². The van der Waals surface area contributed by atoms with Crippen LogP contribution in [0.15, 0.2) is 48.5 Å². The SMILES string of the molecule is N[C@@H]1CCCN(C2CCc3ccccc3C2Oc2ccccc2N2CCOCC2)C1. The minimum Gasteiger partial charge on any atom is -0.482 e. The lowest BCUT2D eigenvalue weighted by Crippen LogP contribution is -2.51. The number of anilines is 1. The first-order chi connectivity index (χ1) is 14.8. The summed E-state index contributed by atoms with van der Waals surface area (Å²) < 4.78 is 12.5. The van der Waals surface area contributed by atoms with Gasteiger partial charge in [-0.1, -0.05) is 36.4 Å². The van der Waals surface area contributed by atoms with Gasteiger partial charge in [0.2, 0.25) is 0 Å². The molecule has 5 rings (SSSR count). The Bertz CT molecular complexity index is 852. The van der Waals surface area contributed by atoms with Crippen molar-refractivity contribution < 1.29 is 9.47 Å². The standard InChI is InChI=1S/C25H33N3O2/c26-20-7-5-13-28(18-20)23-12-11-19-6-1-2-8-21(19)25(23)30-24-10-4-3-9-22(24)27-14-16-29-17-15-27/h1-4,6,8-10,20,23,25H,5,7,11-18,26H2/t20-,23?,25?/m1/s1. The molecule has 0 bridgehead atoms. The van der Waals surface area contributed by atoms with Crippen LogP contribution in [-0.2, 0) is 11.2 Å². The van der Waals surface area contributed by atoms with Crippen LogP contribution in [0.5, 0.6) is 5.75 Å². The molecule has 2 aliphatic heterocycles. The number of para-hydroxylation sites is 2. The Kier molecular flexibility index (Phi) is 5.93. The number of fused-ring (bicyclic) bond motifs is 1. The summed E-state index contributed by atoms with van der Waals surface area (Å²) in [4.78, 5) is 4.98. The normalized spacial score (nSPS) is 27.5. The maximum atomic E-state index is 6.90. The molecule has 0 aromatic heterocycles. The highest BCUT2D eigenvalue weighted by Gasteiger charge is 2.37. The van der Waals surface area contributed by atoms with Gasteiger partial charge >= 0.3 is 0 Å². The van der Waals surface area contributed by atoms with E-state index in [1.165, 1.54) is 23.2 Å². The fourth-order valence-corrected chi connectivity index (χ4v) is 5.32. The van der Waals surface area contributed by atoms with Crippen LogP contribution in [0, 0.1) is 0 Å². The molecule has 0 spiro atoms. The molecule has 0 amide bonds. The molecule has 0 saturated carbocycles. The van der Waals surface area contributed by atoms with Crippen LogP contribution in [0.1, 0.15) is 36.5 Å². The number of nitrogens with two attached hydrogens (primary N) is 1. The van der Waals surface area contributed by atoms with Crippen molar-refractivity contribution in [2.24, 2.45) is 5.73 Å². The predicted molar refractivity (Wildman–Crippen MR) is 120 cm³/mol. The van der Waals surface area contributed by atoms with E-state index in [0.29, 0.717) is 6.04 Å². The van der Waals surface area contributed by atoms with Crippen LogP contribution in [0.2, 0.25) is 0 Å². The van der Waals surface area contributed by atoms with Gasteiger partial charge in [0.1, 0.15) is 11.9 Å². The summed E-state index contributed by atoms with van der Waals surface area (Å²) in [5.41, 5.74) is 10.3. The molecule has 2 aromatic rings. The molecule has 30 heavy (non-hydrogen) atoms. The first kappa shape index (κ1) is 19.9. The van der Waals surface area contributed by atoms with E-state index >= 15 is 0 Å². The summed E-state index contributed by atoms with van der Waals surface area (Å²) in [6.45, 7) is 5.45. The monoisotopic (exact) mass is 407 g/mol. The van der Waals surface area contributed by atoms with Gasteiger partial charge in [-0.05, 0) is 55.5 Å². The minimum atomic E-state index is 0.0300. The summed E-state index contributed by atoms with van der Waals surface area (Å²) in [7, 11) is 0. The van der Waals surface area contributed by atoms with Crippen molar-refractivity contribution in [3.63, 3.8) is 0 Å². The topological polar surface area (TPSA) is 51.0 Å². The number of benzene rings is 2. The molecule has 2 saturated heterocycles. The number of hydrogen-bond acceptors (Lipinski definition) is 5. The molecule has 5 heteroatoms. The van der Waals surface area contributed by atoms with Gasteiger partial charge in [-0.3, -0.25) is 4.90 Å². The number of aryl methyl sites for hydroxylation is 1. The van der Waals surface area contributed by atoms with Gasteiger partial charge in [-0.15, -0.1) is 0 Å². The average molecular weight is 408 g/mol. The summed E-state index contributed by atoms with van der Waals surface area (Å²) in [5, 5.41) is 0. The molecule has 2 fully saturated rings. The van der Waals surface area contributed by atoms with E-state index in [9.17, 15) is 0 Å². The van der Waals surface area contributed by atoms with Crippen molar-refractivity contribution in [3.8, 4) is 5.75 Å². The molecule has 2 aromatic carbocycles. The van der Waals surface area contributed by atoms with E-state index in [1.54, 1.807) is 0 Å². The molecule has 2 heterocycles. The van der Waals surface area contributed by atoms with E-state index in [4.69, 9.17) is 15.2 Å². The van der Waals surface area contributed by atoms with E-state index in [0.717, 1.165) is 64.4 Å². The lowest BCUT2D eigenvalue weighted by Gasteiger charge is -2.44. The highest BCUT2D eigenvalue weighted by atomic mass is 16.5. The van der Waals surface area contributed by atoms with Crippen LogP contribution in [0.4, 0.5) is 5.69 Å². The Balaban J connectivity index is 1.47. The van der Waals surface area contributed by atoms with Crippen molar-refractivity contribution in [1.82, 2.24) is 4.90 Å². The number of piperidine rings is 1. The molecule has 0 radical (unpaired) electrons. The van der Waals surface area contributed by atoms with Gasteiger partial charge in [0.05, 0.1) is 24.9 Å². The summed E-state index contributed by atoms with van der Waals surface area (Å²) >= 11 is 0. The maximum absolute atomic E-state index is 6.90. The molecule has 2 N–H and O–H groups in total. The zero-order chi connectivity index (χ0) is 20.3. The number of nitrogens with zero attached hydrogens (tertiary/aromatic N) is 2. The van der Waals surface area contributed by atoms with Crippen molar-refractivity contribution in [3.05, 3.63) is 59.7 Å². The summed E-state index contributed by atoms with van der Waals surface area (Å²) in [5.74, 6) is 0.979. The third-order valence-electron chi connectivity index (χ3n) is 6.85. The third-order valence-corrected chi connectivity index (χ3v) is 6.85. The number of morpholine rings is 1. The second kappa shape index (κ2) is 8.96. The fraction of sp³-hybridized carbons (Fsp3) is 0.520. The Morgan fingerprint density at radius 3 is 2.60 bits per heavy atom. The van der Waals surface area contributed by atoms with Crippen molar-refractivity contribution in [1.29, 1.82) is 0 Å². The highest BCUT2D eigenvalue weighted by molar-refractivity contribution is 5.59. The quantitative estimate of drug-likeness (QED) is 0.842. The minimum absolute atomic E-state index is 0.0300. The number of likely N-dealkylation sites (tertiary alicyclic amines) is 1. The van der Waals surface area contributed by atoms with Crippen LogP contribution in [0.25, 0.3) is 0 Å². The van der Waals surface area contributed by atoms with Crippen molar-refractivity contribution >= 4 is 5.69 Å². The van der Waals surface area contributed by atoms with Crippen LogP contribution < -0.4 is 15.4 Å². The van der Waals surface area contributed by atoms with Crippen molar-refractivity contribution in [2.75, 3.05) is 44.3 Å². The fourth-order valence-electron chi connectivity index (χ4n) is 5.32. The van der Waals surface area contributed by atoms with Crippen molar-refractivity contribution in [2.45, 2.75) is 43.9 Å². The molecule has 2 unspecified atom stereocenters. The molecule has 3 atom stereocenters. The first-order valence-electron chi connectivity index (χ1n) is 11.5. The molecular formula is C25H33N3O2. The van der Waals surface area contributed by atoms with Gasteiger partial charge in [-0.2, -0.15) is 0 Å². The molecule has 5 nitrogen and oxygen atoms in total. The van der Waals surface area contributed by atoms with Gasteiger partial charge in [0.15, 0.2) is 0 Å². The first-order valence-corrected chi connectivity index (χ1v) is 11.5. The molecule has 1 aliphatic carbocycles. The van der Waals surface area contributed by atoms with Crippen LogP contribution in [0.3, 0.4) is 0 Å². The Hall–Kier alpha value is -2.08. The van der Waals surface area contributed by atoms with Crippen LogP contribution >= 0.6 is 0 Å². The summed E-state index contributed by atoms with van der Waals surface area (Å²) in [6.07, 6.45) is 4.57. The van der Waals surface area contributed by atoms with E-state index in [2.05, 4.69) is 58.3 Å². The zero-order valence-electron chi connectivity index (χ0n) is 17.7. The van der Waals surface area contributed by atoms with Gasteiger partial charge in [0.25, 0.3) is 0 Å². The molecule has 160 valence electrons. The van der Waals surface area contributed by atoms with Gasteiger partial charge in [-0.25, -0.2) is 0 Å². The number of rotatable bonds is 4.